The summed E-state index contributed by atoms with van der Waals surface area (Å²) < 4.78 is 14.0. The van der Waals surface area contributed by atoms with Gasteiger partial charge in [0.2, 0.25) is 0 Å². The van der Waals surface area contributed by atoms with Gasteiger partial charge in [0, 0.05) is 0 Å². The van der Waals surface area contributed by atoms with Crippen molar-refractivity contribution in [1.82, 2.24) is 4.98 Å². The van der Waals surface area contributed by atoms with E-state index in [-0.39, 0.29) is 5.69 Å². The quantitative estimate of drug-likeness (QED) is 0.822. The minimum absolute atomic E-state index is 0.128. The van der Waals surface area contributed by atoms with Crippen molar-refractivity contribution >= 4 is 33.3 Å². The van der Waals surface area contributed by atoms with Gasteiger partial charge in [-0.15, -0.1) is 0 Å². The Hall–Kier alpha value is -1.95. The highest BCUT2D eigenvalue weighted by molar-refractivity contribution is 9.10. The summed E-state index contributed by atoms with van der Waals surface area (Å²) in [6.07, 6.45) is 0. The summed E-state index contributed by atoms with van der Waals surface area (Å²) in [5.41, 5.74) is 1.36. The van der Waals surface area contributed by atoms with Gasteiger partial charge in [-0.05, 0) is 47.1 Å². The summed E-state index contributed by atoms with van der Waals surface area (Å²) in [4.78, 5) is 15.9. The van der Waals surface area contributed by atoms with Crippen LogP contribution >= 0.6 is 15.9 Å². The van der Waals surface area contributed by atoms with Crippen LogP contribution < -0.4 is 10.6 Å². The van der Waals surface area contributed by atoms with Gasteiger partial charge in [-0.1, -0.05) is 12.1 Å². The number of benzene rings is 1. The molecule has 2 rings (SSSR count). The lowest BCUT2D eigenvalue weighted by atomic mass is 10.3. The largest absolute Gasteiger partial charge is 0.323 e. The molecule has 19 heavy (non-hydrogen) atoms. The van der Waals surface area contributed by atoms with Gasteiger partial charge < -0.3 is 10.6 Å². The van der Waals surface area contributed by atoms with Crippen molar-refractivity contribution in [3.63, 3.8) is 0 Å². The Morgan fingerprint density at radius 1 is 1.16 bits per heavy atom. The second-order valence-corrected chi connectivity index (χ2v) is 4.64. The van der Waals surface area contributed by atoms with E-state index >= 15 is 0 Å². The highest BCUT2D eigenvalue weighted by Crippen LogP contribution is 2.17. The zero-order valence-electron chi connectivity index (χ0n) is 10.1. The highest BCUT2D eigenvalue weighted by Gasteiger charge is 2.08. The molecule has 0 saturated heterocycles. The number of amides is 2. The average Bonchev–Trinajstić information content (AvgIpc) is 2.36. The molecular weight excluding hydrogens is 313 g/mol. The van der Waals surface area contributed by atoms with Crippen LogP contribution in [0.4, 0.5) is 20.6 Å². The van der Waals surface area contributed by atoms with E-state index in [1.165, 1.54) is 12.1 Å². The van der Waals surface area contributed by atoms with E-state index < -0.39 is 11.8 Å². The first kappa shape index (κ1) is 13.5. The highest BCUT2D eigenvalue weighted by atomic mass is 79.9. The SMILES string of the molecule is Cc1nc(Br)ccc1NC(=O)Nc1ccccc1F. The first-order valence-electron chi connectivity index (χ1n) is 5.52. The van der Waals surface area contributed by atoms with Crippen LogP contribution in [0.25, 0.3) is 0 Å². The van der Waals surface area contributed by atoms with Crippen LogP contribution in [-0.4, -0.2) is 11.0 Å². The summed E-state index contributed by atoms with van der Waals surface area (Å²) in [6.45, 7) is 1.77. The summed E-state index contributed by atoms with van der Waals surface area (Å²) in [5.74, 6) is -0.483. The van der Waals surface area contributed by atoms with E-state index in [0.29, 0.717) is 16.0 Å². The van der Waals surface area contributed by atoms with Crippen molar-refractivity contribution in [1.29, 1.82) is 0 Å². The fourth-order valence-corrected chi connectivity index (χ4v) is 1.90. The molecule has 1 aromatic heterocycles. The van der Waals surface area contributed by atoms with Gasteiger partial charge in [0.1, 0.15) is 10.4 Å². The third-order valence-electron chi connectivity index (χ3n) is 2.42. The van der Waals surface area contributed by atoms with E-state index in [1.54, 1.807) is 31.2 Å². The van der Waals surface area contributed by atoms with E-state index in [2.05, 4.69) is 31.5 Å². The molecule has 0 unspecified atom stereocenters. The normalized spacial score (nSPS) is 10.1. The number of anilines is 2. The third kappa shape index (κ3) is 3.51. The molecule has 2 aromatic rings. The van der Waals surface area contributed by atoms with Crippen LogP contribution in [0.1, 0.15) is 5.69 Å². The van der Waals surface area contributed by atoms with E-state index in [9.17, 15) is 9.18 Å². The zero-order chi connectivity index (χ0) is 13.8. The van der Waals surface area contributed by atoms with Crippen LogP contribution in [0.2, 0.25) is 0 Å². The second kappa shape index (κ2) is 5.79. The summed E-state index contributed by atoms with van der Waals surface area (Å²) in [5, 5.41) is 5.05. The summed E-state index contributed by atoms with van der Waals surface area (Å²) in [7, 11) is 0. The van der Waals surface area contributed by atoms with E-state index in [1.807, 2.05) is 0 Å². The molecule has 0 saturated carbocycles. The molecule has 2 amide bonds. The lowest BCUT2D eigenvalue weighted by molar-refractivity contribution is 0.262. The third-order valence-corrected chi connectivity index (χ3v) is 2.86. The molecule has 4 nitrogen and oxygen atoms in total. The molecule has 0 radical (unpaired) electrons. The molecule has 0 spiro atoms. The molecule has 0 aliphatic rings. The maximum absolute atomic E-state index is 13.4. The number of rotatable bonds is 2. The number of hydrogen-bond donors (Lipinski definition) is 2. The van der Waals surface area contributed by atoms with Crippen LogP contribution in [0.15, 0.2) is 41.0 Å². The maximum atomic E-state index is 13.4. The van der Waals surface area contributed by atoms with Crippen LogP contribution in [0.5, 0.6) is 0 Å². The minimum atomic E-state index is -0.516. The molecule has 0 fully saturated rings. The Bertz CT molecular complexity index is 619. The number of nitrogens with one attached hydrogen (secondary N) is 2. The van der Waals surface area contributed by atoms with Gasteiger partial charge in [0.05, 0.1) is 17.1 Å². The number of para-hydroxylation sites is 1. The Kier molecular flexibility index (Phi) is 4.11. The van der Waals surface area contributed by atoms with Crippen molar-refractivity contribution in [2.24, 2.45) is 0 Å². The first-order chi connectivity index (χ1) is 9.06. The fraction of sp³-hybridized carbons (Fsp3) is 0.0769. The fourth-order valence-electron chi connectivity index (χ4n) is 1.50. The molecule has 1 heterocycles. The van der Waals surface area contributed by atoms with Gasteiger partial charge in [-0.2, -0.15) is 0 Å². The zero-order valence-corrected chi connectivity index (χ0v) is 11.7. The molecule has 1 aromatic carbocycles. The Morgan fingerprint density at radius 3 is 2.53 bits per heavy atom. The van der Waals surface area contributed by atoms with Crippen molar-refractivity contribution in [3.8, 4) is 0 Å². The Labute approximate surface area is 118 Å². The molecule has 0 aliphatic carbocycles. The summed E-state index contributed by atoms with van der Waals surface area (Å²) in [6, 6.07) is 8.88. The molecule has 98 valence electrons. The predicted octanol–water partition coefficient (Wildman–Crippen LogP) is 3.94. The lowest BCUT2D eigenvalue weighted by Crippen LogP contribution is -2.20. The van der Waals surface area contributed by atoms with Crippen LogP contribution in [-0.2, 0) is 0 Å². The van der Waals surface area contributed by atoms with Gasteiger partial charge in [0.15, 0.2) is 0 Å². The molecular formula is C13H11BrFN3O. The van der Waals surface area contributed by atoms with Crippen molar-refractivity contribution in [2.45, 2.75) is 6.92 Å². The second-order valence-electron chi connectivity index (χ2n) is 3.83. The Balaban J connectivity index is 2.08. The number of urea groups is 1. The standard InChI is InChI=1S/C13H11BrFN3O/c1-8-10(6-7-12(14)16-8)17-13(19)18-11-5-3-2-4-9(11)15/h2-7H,1H3,(H2,17,18,19). The molecule has 0 atom stereocenters. The van der Waals surface area contributed by atoms with Crippen molar-refractivity contribution in [2.75, 3.05) is 10.6 Å². The number of carbonyl (C=O) groups is 1. The number of halogens is 2. The van der Waals surface area contributed by atoms with Crippen molar-refractivity contribution in [3.05, 3.63) is 52.5 Å². The smallest absolute Gasteiger partial charge is 0.306 e. The number of nitrogens with zero attached hydrogens (tertiary/aromatic N) is 1. The molecule has 6 heteroatoms. The Morgan fingerprint density at radius 2 is 1.84 bits per heavy atom. The van der Waals surface area contributed by atoms with Gasteiger partial charge in [-0.25, -0.2) is 14.2 Å². The monoisotopic (exact) mass is 323 g/mol. The van der Waals surface area contributed by atoms with E-state index in [0.717, 1.165) is 0 Å². The van der Waals surface area contributed by atoms with Gasteiger partial charge in [0.25, 0.3) is 0 Å². The number of carbonyl (C=O) groups excluding carboxylic acids is 1. The minimum Gasteiger partial charge on any atom is -0.306 e. The van der Waals surface area contributed by atoms with Crippen LogP contribution in [0.3, 0.4) is 0 Å². The molecule has 2 N–H and O–H groups in total. The maximum Gasteiger partial charge on any atom is 0.323 e. The topological polar surface area (TPSA) is 54.0 Å². The average molecular weight is 324 g/mol. The molecule has 0 bridgehead atoms. The number of pyridine rings is 1. The lowest BCUT2D eigenvalue weighted by Gasteiger charge is -2.10. The number of aryl methyl sites for hydroxylation is 1. The first-order valence-corrected chi connectivity index (χ1v) is 6.31. The van der Waals surface area contributed by atoms with Gasteiger partial charge in [-0.3, -0.25) is 0 Å². The van der Waals surface area contributed by atoms with Gasteiger partial charge >= 0.3 is 6.03 Å². The van der Waals surface area contributed by atoms with E-state index in [4.69, 9.17) is 0 Å². The van der Waals surface area contributed by atoms with Crippen molar-refractivity contribution < 1.29 is 9.18 Å². The number of hydrogen-bond acceptors (Lipinski definition) is 2. The summed E-state index contributed by atoms with van der Waals surface area (Å²) >= 11 is 3.24. The van der Waals surface area contributed by atoms with Crippen LogP contribution in [0, 0.1) is 12.7 Å². The molecule has 0 aliphatic heterocycles. The predicted molar refractivity (Wildman–Crippen MR) is 75.7 cm³/mol. The number of aromatic nitrogens is 1.